The predicted molar refractivity (Wildman–Crippen MR) is 167 cm³/mol. The first-order valence-electron chi connectivity index (χ1n) is 18.3. The van der Waals surface area contributed by atoms with Crippen LogP contribution in [0.1, 0.15) is 162 Å². The highest BCUT2D eigenvalue weighted by Crippen LogP contribution is 2.42. The van der Waals surface area contributed by atoms with Crippen LogP contribution in [0, 0.1) is 47.3 Å². The van der Waals surface area contributed by atoms with Gasteiger partial charge in [0.2, 0.25) is 0 Å². The maximum atomic E-state index is 13.4. The molecule has 0 bridgehead atoms. The number of hydrogen-bond acceptors (Lipinski definition) is 4. The Morgan fingerprint density at radius 1 is 0.707 bits per heavy atom. The summed E-state index contributed by atoms with van der Waals surface area (Å²) in [7, 11) is 0. The van der Waals surface area contributed by atoms with Gasteiger partial charge in [0, 0.05) is 0 Å². The van der Waals surface area contributed by atoms with Crippen molar-refractivity contribution < 1.29 is 19.1 Å². The molecular formula is C37H64O4. The Kier molecular flexibility index (Phi) is 13.8. The van der Waals surface area contributed by atoms with E-state index in [-0.39, 0.29) is 36.5 Å². The SMILES string of the molecule is CCCC(C)CCCC1CCC(C(=O)OCC(OC(=O)C2CCC(C3CCC(C)CC3)CC2)C2CCCCC2)CC1. The van der Waals surface area contributed by atoms with Crippen LogP contribution in [-0.2, 0) is 19.1 Å². The molecule has 0 aliphatic heterocycles. The zero-order chi connectivity index (χ0) is 29.0. The van der Waals surface area contributed by atoms with E-state index in [1.54, 1.807) is 0 Å². The standard InChI is InChI=1S/C37H64O4/c1-4-9-27(2)10-8-11-29-16-20-33(21-17-29)36(38)40-26-35(32-12-6-5-7-13-32)41-37(39)34-24-22-31(23-25-34)30-18-14-28(3)15-19-30/h27-35H,4-26H2,1-3H3. The second kappa shape index (κ2) is 17.3. The first-order chi connectivity index (χ1) is 19.9. The quantitative estimate of drug-likeness (QED) is 0.206. The minimum atomic E-state index is -0.259. The topological polar surface area (TPSA) is 52.6 Å². The Bertz CT molecular complexity index is 749. The molecule has 0 aromatic carbocycles. The van der Waals surface area contributed by atoms with Crippen LogP contribution in [0.25, 0.3) is 0 Å². The molecule has 4 rings (SSSR count). The molecule has 41 heavy (non-hydrogen) atoms. The summed E-state index contributed by atoms with van der Waals surface area (Å²) in [5, 5.41) is 0. The highest BCUT2D eigenvalue weighted by molar-refractivity contribution is 5.73. The van der Waals surface area contributed by atoms with Gasteiger partial charge < -0.3 is 9.47 Å². The Hall–Kier alpha value is -1.06. The Morgan fingerprint density at radius 2 is 1.29 bits per heavy atom. The van der Waals surface area contributed by atoms with Crippen molar-refractivity contribution in [1.82, 2.24) is 0 Å². The lowest BCUT2D eigenvalue weighted by Crippen LogP contribution is -2.37. The van der Waals surface area contributed by atoms with Gasteiger partial charge in [-0.25, -0.2) is 0 Å². The molecule has 0 amide bonds. The molecular weight excluding hydrogens is 508 g/mol. The fourth-order valence-electron chi connectivity index (χ4n) is 8.96. The molecule has 4 fully saturated rings. The molecule has 0 radical (unpaired) electrons. The van der Waals surface area contributed by atoms with Gasteiger partial charge in [0.1, 0.15) is 12.7 Å². The van der Waals surface area contributed by atoms with E-state index in [0.29, 0.717) is 5.92 Å². The highest BCUT2D eigenvalue weighted by atomic mass is 16.6. The van der Waals surface area contributed by atoms with E-state index in [4.69, 9.17) is 9.47 Å². The van der Waals surface area contributed by atoms with Crippen LogP contribution in [0.5, 0.6) is 0 Å². The average Bonchev–Trinajstić information content (AvgIpc) is 3.00. The molecule has 0 spiro atoms. The summed E-state index contributed by atoms with van der Waals surface area (Å²) >= 11 is 0. The Morgan fingerprint density at radius 3 is 1.93 bits per heavy atom. The maximum Gasteiger partial charge on any atom is 0.309 e. The molecule has 236 valence electrons. The fraction of sp³-hybridized carbons (Fsp3) is 0.946. The third-order valence-corrected chi connectivity index (χ3v) is 11.9. The molecule has 0 aromatic heterocycles. The van der Waals surface area contributed by atoms with Crippen molar-refractivity contribution in [2.45, 2.75) is 168 Å². The summed E-state index contributed by atoms with van der Waals surface area (Å²) in [6.45, 7) is 7.32. The molecule has 4 saturated carbocycles. The lowest BCUT2D eigenvalue weighted by Gasteiger charge is -2.37. The van der Waals surface area contributed by atoms with Crippen molar-refractivity contribution in [1.29, 1.82) is 0 Å². The van der Waals surface area contributed by atoms with E-state index < -0.39 is 0 Å². The maximum absolute atomic E-state index is 13.4. The first-order valence-corrected chi connectivity index (χ1v) is 18.3. The van der Waals surface area contributed by atoms with Gasteiger partial charge in [0.25, 0.3) is 0 Å². The summed E-state index contributed by atoms with van der Waals surface area (Å²) in [5.41, 5.74) is 0. The fourth-order valence-corrected chi connectivity index (χ4v) is 8.96. The van der Waals surface area contributed by atoms with Crippen molar-refractivity contribution >= 4 is 11.9 Å². The van der Waals surface area contributed by atoms with Crippen molar-refractivity contribution in [2.24, 2.45) is 47.3 Å². The number of hydrogen-bond donors (Lipinski definition) is 0. The zero-order valence-corrected chi connectivity index (χ0v) is 27.1. The van der Waals surface area contributed by atoms with Gasteiger partial charge in [-0.05, 0) is 113 Å². The van der Waals surface area contributed by atoms with Gasteiger partial charge in [0.15, 0.2) is 0 Å². The summed E-state index contributed by atoms with van der Waals surface area (Å²) in [6, 6.07) is 0. The number of esters is 2. The van der Waals surface area contributed by atoms with Crippen LogP contribution in [-0.4, -0.2) is 24.6 Å². The van der Waals surface area contributed by atoms with Crippen LogP contribution in [0.4, 0.5) is 0 Å². The van der Waals surface area contributed by atoms with Gasteiger partial charge in [-0.15, -0.1) is 0 Å². The van der Waals surface area contributed by atoms with Crippen LogP contribution in [0.3, 0.4) is 0 Å². The highest BCUT2D eigenvalue weighted by Gasteiger charge is 2.36. The van der Waals surface area contributed by atoms with E-state index >= 15 is 0 Å². The number of rotatable bonds is 13. The van der Waals surface area contributed by atoms with E-state index in [0.717, 1.165) is 81.0 Å². The Balaban J connectivity index is 1.19. The first kappa shape index (κ1) is 32.8. The smallest absolute Gasteiger partial charge is 0.309 e. The molecule has 0 N–H and O–H groups in total. The van der Waals surface area contributed by atoms with Crippen molar-refractivity contribution in [2.75, 3.05) is 6.61 Å². The number of ether oxygens (including phenoxy) is 2. The summed E-state index contributed by atoms with van der Waals surface area (Å²) < 4.78 is 12.2. The van der Waals surface area contributed by atoms with E-state index in [2.05, 4.69) is 20.8 Å². The van der Waals surface area contributed by atoms with Gasteiger partial charge in [0.05, 0.1) is 11.8 Å². The van der Waals surface area contributed by atoms with E-state index in [1.807, 2.05) is 0 Å². The average molecular weight is 573 g/mol. The second-order valence-corrected chi connectivity index (χ2v) is 15.2. The third-order valence-electron chi connectivity index (χ3n) is 11.9. The predicted octanol–water partition coefficient (Wildman–Crippen LogP) is 10.1. The van der Waals surface area contributed by atoms with Crippen LogP contribution >= 0.6 is 0 Å². The molecule has 2 unspecified atom stereocenters. The van der Waals surface area contributed by atoms with Crippen LogP contribution in [0.2, 0.25) is 0 Å². The van der Waals surface area contributed by atoms with Crippen molar-refractivity contribution in [3.8, 4) is 0 Å². The molecule has 4 nitrogen and oxygen atoms in total. The van der Waals surface area contributed by atoms with Gasteiger partial charge in [-0.1, -0.05) is 85.0 Å². The third kappa shape index (κ3) is 10.6. The van der Waals surface area contributed by atoms with Crippen molar-refractivity contribution in [3.63, 3.8) is 0 Å². The molecule has 4 aliphatic carbocycles. The summed E-state index contributed by atoms with van der Waals surface area (Å²) in [5.74, 6) is 4.56. The molecule has 4 heteroatoms. The second-order valence-electron chi connectivity index (χ2n) is 15.2. The van der Waals surface area contributed by atoms with Crippen LogP contribution < -0.4 is 0 Å². The van der Waals surface area contributed by atoms with Gasteiger partial charge in [-0.2, -0.15) is 0 Å². The van der Waals surface area contributed by atoms with Crippen LogP contribution in [0.15, 0.2) is 0 Å². The number of carbonyl (C=O) groups is 2. The minimum Gasteiger partial charge on any atom is -0.462 e. The van der Waals surface area contributed by atoms with E-state index in [9.17, 15) is 9.59 Å². The molecule has 0 aromatic rings. The summed E-state index contributed by atoms with van der Waals surface area (Å²) in [6.07, 6.45) is 26.3. The molecule has 0 heterocycles. The molecule has 4 aliphatic rings. The lowest BCUT2D eigenvalue weighted by atomic mass is 9.69. The van der Waals surface area contributed by atoms with Gasteiger partial charge in [-0.3, -0.25) is 9.59 Å². The lowest BCUT2D eigenvalue weighted by molar-refractivity contribution is -0.170. The van der Waals surface area contributed by atoms with Crippen molar-refractivity contribution in [3.05, 3.63) is 0 Å². The normalized spacial score (nSPS) is 33.0. The van der Waals surface area contributed by atoms with Gasteiger partial charge >= 0.3 is 11.9 Å². The zero-order valence-electron chi connectivity index (χ0n) is 27.1. The molecule has 0 saturated heterocycles. The monoisotopic (exact) mass is 572 g/mol. The van der Waals surface area contributed by atoms with E-state index in [1.165, 1.54) is 89.9 Å². The number of carbonyl (C=O) groups excluding carboxylic acids is 2. The minimum absolute atomic E-state index is 0.0129. The summed E-state index contributed by atoms with van der Waals surface area (Å²) in [4.78, 5) is 26.5. The molecule has 2 atom stereocenters. The largest absolute Gasteiger partial charge is 0.462 e. The Labute approximate surface area is 252 Å².